The molecule has 0 aliphatic carbocycles. The van der Waals surface area contributed by atoms with Gasteiger partial charge in [0.2, 0.25) is 5.91 Å². The van der Waals surface area contributed by atoms with Gasteiger partial charge in [-0.05, 0) is 37.5 Å². The first-order chi connectivity index (χ1) is 15.2. The number of aromatic nitrogens is 2. The molecule has 1 fully saturated rings. The summed E-state index contributed by atoms with van der Waals surface area (Å²) in [5, 5.41) is 2.93. The number of hydrogen-bond donors (Lipinski definition) is 1. The zero-order valence-corrected chi connectivity index (χ0v) is 17.8. The maximum atomic E-state index is 13.3. The maximum Gasteiger partial charge on any atom is 0.294 e. The monoisotopic (exact) mass is 420 g/mol. The average molecular weight is 421 g/mol. The molecule has 2 aromatic carbocycles. The molecule has 1 N–H and O–H groups in total. The van der Waals surface area contributed by atoms with Crippen LogP contribution in [0.4, 0.5) is 5.82 Å². The molecule has 0 saturated carbocycles. The summed E-state index contributed by atoms with van der Waals surface area (Å²) in [6.45, 7) is 2.38. The van der Waals surface area contributed by atoms with Gasteiger partial charge < -0.3 is 19.5 Å². The Hall–Kier alpha value is -3.35. The molecule has 1 aliphatic heterocycles. The van der Waals surface area contributed by atoms with Gasteiger partial charge in [-0.15, -0.1) is 0 Å². The molecule has 0 unspecified atom stereocenters. The Morgan fingerprint density at radius 2 is 1.81 bits per heavy atom. The van der Waals surface area contributed by atoms with Gasteiger partial charge in [0.15, 0.2) is 5.82 Å². The molecule has 31 heavy (non-hydrogen) atoms. The molecule has 3 aromatic rings. The molecule has 1 aromatic heterocycles. The van der Waals surface area contributed by atoms with Crippen LogP contribution < -0.4 is 20.5 Å². The van der Waals surface area contributed by atoms with Crippen molar-refractivity contribution in [3.8, 4) is 5.75 Å². The Labute approximate surface area is 181 Å². The van der Waals surface area contributed by atoms with Crippen LogP contribution in [-0.4, -0.2) is 35.7 Å². The molecule has 7 nitrogen and oxygen atoms in total. The van der Waals surface area contributed by atoms with E-state index in [1.54, 1.807) is 11.7 Å². The number of hydrogen-bond acceptors (Lipinski definition) is 5. The number of benzene rings is 2. The summed E-state index contributed by atoms with van der Waals surface area (Å²) in [4.78, 5) is 32.5. The first kappa shape index (κ1) is 20.9. The van der Waals surface area contributed by atoms with Crippen LogP contribution in [0.2, 0.25) is 0 Å². The minimum absolute atomic E-state index is 0.113. The van der Waals surface area contributed by atoms with E-state index in [4.69, 9.17) is 4.74 Å². The number of rotatable bonds is 7. The highest BCUT2D eigenvalue weighted by molar-refractivity contribution is 5.78. The van der Waals surface area contributed by atoms with Crippen molar-refractivity contribution < 1.29 is 9.53 Å². The highest BCUT2D eigenvalue weighted by atomic mass is 16.5. The molecular weight excluding hydrogens is 392 g/mol. The molecule has 4 rings (SSSR count). The number of methoxy groups -OCH3 is 1. The summed E-state index contributed by atoms with van der Waals surface area (Å²) in [6, 6.07) is 15.2. The van der Waals surface area contributed by atoms with E-state index >= 15 is 0 Å². The molecule has 2 heterocycles. The molecule has 0 bridgehead atoms. The number of carbonyl (C=O) groups excluding carboxylic acids is 1. The van der Waals surface area contributed by atoms with E-state index in [0.717, 1.165) is 48.3 Å². The van der Waals surface area contributed by atoms with Gasteiger partial charge in [0.1, 0.15) is 5.75 Å². The van der Waals surface area contributed by atoms with E-state index in [0.29, 0.717) is 18.9 Å². The van der Waals surface area contributed by atoms with Crippen LogP contribution in [0.25, 0.3) is 11.0 Å². The van der Waals surface area contributed by atoms with E-state index < -0.39 is 0 Å². The topological polar surface area (TPSA) is 76.5 Å². The van der Waals surface area contributed by atoms with Crippen LogP contribution in [0, 0.1) is 0 Å². The summed E-state index contributed by atoms with van der Waals surface area (Å²) in [5.41, 5.74) is 2.32. The Bertz CT molecular complexity index is 1120. The molecule has 1 amide bonds. The van der Waals surface area contributed by atoms with Crippen LogP contribution in [-0.2, 0) is 17.9 Å². The van der Waals surface area contributed by atoms with Gasteiger partial charge in [0.05, 0.1) is 18.1 Å². The lowest BCUT2D eigenvalue weighted by Crippen LogP contribution is -2.37. The predicted octanol–water partition coefficient (Wildman–Crippen LogP) is 3.10. The molecule has 0 radical (unpaired) electrons. The first-order valence-electron chi connectivity index (χ1n) is 10.8. The number of aryl methyl sites for hydroxylation is 1. The maximum absolute atomic E-state index is 13.3. The van der Waals surface area contributed by atoms with Crippen LogP contribution >= 0.6 is 0 Å². The summed E-state index contributed by atoms with van der Waals surface area (Å²) in [7, 11) is 1.61. The largest absolute Gasteiger partial charge is 0.496 e. The van der Waals surface area contributed by atoms with Crippen LogP contribution in [0.3, 0.4) is 0 Å². The lowest BCUT2D eigenvalue weighted by atomic mass is 10.1. The quantitative estimate of drug-likeness (QED) is 0.636. The third-order valence-corrected chi connectivity index (χ3v) is 5.72. The van der Waals surface area contributed by atoms with E-state index in [1.807, 2.05) is 48.5 Å². The molecular formula is C24H28N4O3. The highest BCUT2D eigenvalue weighted by Gasteiger charge is 2.19. The lowest BCUT2D eigenvalue weighted by Gasteiger charge is -2.27. The summed E-state index contributed by atoms with van der Waals surface area (Å²) >= 11 is 0. The summed E-state index contributed by atoms with van der Waals surface area (Å²) in [6.07, 6.45) is 3.53. The van der Waals surface area contributed by atoms with Crippen LogP contribution in [0.5, 0.6) is 5.75 Å². The number of carbonyl (C=O) groups is 1. The van der Waals surface area contributed by atoms with E-state index in [1.165, 1.54) is 6.42 Å². The Morgan fingerprint density at radius 1 is 1.06 bits per heavy atom. The number of piperidine rings is 1. The van der Waals surface area contributed by atoms with Gasteiger partial charge in [-0.2, -0.15) is 0 Å². The van der Waals surface area contributed by atoms with Crippen molar-refractivity contribution in [3.05, 3.63) is 64.4 Å². The molecule has 0 atom stereocenters. The second kappa shape index (κ2) is 9.64. The Balaban J connectivity index is 1.51. The molecule has 0 spiro atoms. The van der Waals surface area contributed by atoms with E-state index in [9.17, 15) is 9.59 Å². The standard InChI is InChI=1S/C24H28N4O3/c1-31-21-12-6-3-9-18(21)17-25-22(29)13-16-28-20-11-5-4-10-19(20)26-23(24(28)30)27-14-7-2-8-15-27/h3-6,9-12H,2,7-8,13-17H2,1H3,(H,25,29). The molecule has 7 heteroatoms. The van der Waals surface area contributed by atoms with Crippen LogP contribution in [0.1, 0.15) is 31.2 Å². The summed E-state index contributed by atoms with van der Waals surface area (Å²) < 4.78 is 7.02. The normalized spacial score (nSPS) is 13.9. The zero-order chi connectivity index (χ0) is 21.6. The summed E-state index contributed by atoms with van der Waals surface area (Å²) in [5.74, 6) is 1.12. The third kappa shape index (κ3) is 4.71. The predicted molar refractivity (Wildman–Crippen MR) is 122 cm³/mol. The minimum atomic E-state index is -0.127. The number of anilines is 1. The number of nitrogens with one attached hydrogen (secondary N) is 1. The first-order valence-corrected chi connectivity index (χ1v) is 10.8. The number of amides is 1. The number of para-hydroxylation sites is 3. The van der Waals surface area contributed by atoms with E-state index in [2.05, 4.69) is 15.2 Å². The second-order valence-electron chi connectivity index (χ2n) is 7.77. The van der Waals surface area contributed by atoms with Gasteiger partial charge in [-0.25, -0.2) is 4.98 Å². The van der Waals surface area contributed by atoms with Gasteiger partial charge in [-0.1, -0.05) is 30.3 Å². The molecule has 162 valence electrons. The van der Waals surface area contributed by atoms with Gasteiger partial charge >= 0.3 is 0 Å². The molecule has 1 aliphatic rings. The van der Waals surface area contributed by atoms with Crippen molar-refractivity contribution >= 4 is 22.8 Å². The lowest BCUT2D eigenvalue weighted by molar-refractivity contribution is -0.121. The number of nitrogens with zero attached hydrogens (tertiary/aromatic N) is 3. The van der Waals surface area contributed by atoms with Crippen molar-refractivity contribution in [2.24, 2.45) is 0 Å². The van der Waals surface area contributed by atoms with Crippen molar-refractivity contribution in [2.75, 3.05) is 25.1 Å². The average Bonchev–Trinajstić information content (AvgIpc) is 2.82. The fraction of sp³-hybridized carbons (Fsp3) is 0.375. The second-order valence-corrected chi connectivity index (χ2v) is 7.77. The Morgan fingerprint density at radius 3 is 2.61 bits per heavy atom. The van der Waals surface area contributed by atoms with Crippen molar-refractivity contribution in [1.82, 2.24) is 14.9 Å². The van der Waals surface area contributed by atoms with Gasteiger partial charge in [-0.3, -0.25) is 9.59 Å². The van der Waals surface area contributed by atoms with Crippen molar-refractivity contribution in [2.45, 2.75) is 38.8 Å². The van der Waals surface area contributed by atoms with E-state index in [-0.39, 0.29) is 17.9 Å². The SMILES string of the molecule is COc1ccccc1CNC(=O)CCn1c(=O)c(N2CCCCC2)nc2ccccc21. The molecule has 1 saturated heterocycles. The van der Waals surface area contributed by atoms with Gasteiger partial charge in [0.25, 0.3) is 5.56 Å². The zero-order valence-electron chi connectivity index (χ0n) is 17.8. The van der Waals surface area contributed by atoms with Gasteiger partial charge in [0, 0.05) is 38.2 Å². The highest BCUT2D eigenvalue weighted by Crippen LogP contribution is 2.19. The van der Waals surface area contributed by atoms with Crippen molar-refractivity contribution in [3.63, 3.8) is 0 Å². The third-order valence-electron chi connectivity index (χ3n) is 5.72. The fourth-order valence-electron chi connectivity index (χ4n) is 4.06. The van der Waals surface area contributed by atoms with Crippen molar-refractivity contribution in [1.29, 1.82) is 0 Å². The number of ether oxygens (including phenoxy) is 1. The number of fused-ring (bicyclic) bond motifs is 1. The minimum Gasteiger partial charge on any atom is -0.496 e. The smallest absolute Gasteiger partial charge is 0.294 e. The Kier molecular flexibility index (Phi) is 6.50. The fourth-order valence-corrected chi connectivity index (χ4v) is 4.06. The van der Waals surface area contributed by atoms with Crippen LogP contribution in [0.15, 0.2) is 53.3 Å².